The number of amides is 2. The number of rotatable bonds is 3. The maximum atomic E-state index is 13.8. The van der Waals surface area contributed by atoms with Crippen LogP contribution in [0.25, 0.3) is 5.65 Å². The zero-order chi connectivity index (χ0) is 21.9. The number of anilines is 2. The van der Waals surface area contributed by atoms with Gasteiger partial charge < -0.3 is 5.32 Å². The van der Waals surface area contributed by atoms with Crippen LogP contribution in [0.5, 0.6) is 0 Å². The molecular formula is C15H10ClF6N7O. The van der Waals surface area contributed by atoms with E-state index in [9.17, 15) is 31.1 Å². The van der Waals surface area contributed by atoms with E-state index in [0.29, 0.717) is 6.07 Å². The third-order valence-electron chi connectivity index (χ3n) is 4.57. The smallest absolute Gasteiger partial charge is 0.305 e. The summed E-state index contributed by atoms with van der Waals surface area (Å²) in [7, 11) is 0. The number of nitrogens with one attached hydrogen (secondary N) is 3. The molecule has 1 saturated carbocycles. The Bertz CT molecular complexity index is 1130. The molecular weight excluding hydrogens is 444 g/mol. The van der Waals surface area contributed by atoms with Gasteiger partial charge in [-0.05, 0) is 12.8 Å². The SMILES string of the molecule is O=C(Nc1cc(C(F)(F)F)[nH]n1)Nc1cnc2cc(Cl)nn2c1C1(C(F)(F)F)CC1. The van der Waals surface area contributed by atoms with Gasteiger partial charge in [-0.15, -0.1) is 0 Å². The number of carbonyl (C=O) groups is 1. The van der Waals surface area contributed by atoms with E-state index in [1.54, 1.807) is 5.10 Å². The standard InChI is InChI=1S/C15H10ClF6N7O/c16-8-4-10-23-5-6(11(29(10)28-8)13(1-2-13)15(20,21)22)24-12(30)25-9-3-7(26-27-9)14(17,18)19/h3-5H,1-2H2,(H3,24,25,26,27,30). The van der Waals surface area contributed by atoms with Gasteiger partial charge in [0.1, 0.15) is 11.1 Å². The second-order valence-electron chi connectivity index (χ2n) is 6.58. The molecule has 1 aliphatic rings. The number of alkyl halides is 6. The van der Waals surface area contributed by atoms with Crippen LogP contribution in [0.2, 0.25) is 5.15 Å². The Morgan fingerprint density at radius 1 is 1.17 bits per heavy atom. The van der Waals surface area contributed by atoms with Gasteiger partial charge in [0.2, 0.25) is 0 Å². The van der Waals surface area contributed by atoms with Crippen molar-refractivity contribution in [3.8, 4) is 0 Å². The minimum Gasteiger partial charge on any atom is -0.305 e. The van der Waals surface area contributed by atoms with E-state index < -0.39 is 35.3 Å². The van der Waals surface area contributed by atoms with Crippen molar-refractivity contribution in [3.05, 3.63) is 34.9 Å². The fourth-order valence-electron chi connectivity index (χ4n) is 3.04. The summed E-state index contributed by atoms with van der Waals surface area (Å²) in [4.78, 5) is 16.1. The Morgan fingerprint density at radius 2 is 1.87 bits per heavy atom. The zero-order valence-corrected chi connectivity index (χ0v) is 15.2. The zero-order valence-electron chi connectivity index (χ0n) is 14.5. The molecule has 3 aromatic heterocycles. The van der Waals surface area contributed by atoms with Gasteiger partial charge in [0, 0.05) is 12.1 Å². The van der Waals surface area contributed by atoms with E-state index in [1.807, 2.05) is 5.32 Å². The Balaban J connectivity index is 1.67. The van der Waals surface area contributed by atoms with E-state index in [0.717, 1.165) is 10.7 Å². The van der Waals surface area contributed by atoms with Crippen molar-refractivity contribution >= 4 is 34.8 Å². The van der Waals surface area contributed by atoms with E-state index in [1.165, 1.54) is 6.07 Å². The third kappa shape index (κ3) is 3.40. The molecule has 1 aliphatic carbocycles. The molecule has 0 radical (unpaired) electrons. The molecule has 30 heavy (non-hydrogen) atoms. The third-order valence-corrected chi connectivity index (χ3v) is 4.76. The average molecular weight is 454 g/mol. The Kier molecular flexibility index (Phi) is 4.38. The molecule has 8 nitrogen and oxygen atoms in total. The monoisotopic (exact) mass is 453 g/mol. The summed E-state index contributed by atoms with van der Waals surface area (Å²) < 4.78 is 80.0. The summed E-state index contributed by atoms with van der Waals surface area (Å²) in [5.74, 6) is -0.477. The van der Waals surface area contributed by atoms with Crippen LogP contribution >= 0.6 is 11.6 Å². The van der Waals surface area contributed by atoms with Crippen molar-refractivity contribution in [3.63, 3.8) is 0 Å². The minimum absolute atomic E-state index is 0.0404. The van der Waals surface area contributed by atoms with Crippen molar-refractivity contribution in [1.29, 1.82) is 0 Å². The number of nitrogens with zero attached hydrogens (tertiary/aromatic N) is 4. The van der Waals surface area contributed by atoms with Gasteiger partial charge in [0.25, 0.3) is 0 Å². The van der Waals surface area contributed by atoms with Crippen LogP contribution in [0.15, 0.2) is 18.3 Å². The molecule has 0 unspecified atom stereocenters. The van der Waals surface area contributed by atoms with E-state index in [2.05, 4.69) is 20.5 Å². The summed E-state index contributed by atoms with van der Waals surface area (Å²) in [6.45, 7) is 0. The second kappa shape index (κ2) is 6.48. The summed E-state index contributed by atoms with van der Waals surface area (Å²) >= 11 is 5.79. The first-order valence-electron chi connectivity index (χ1n) is 8.23. The fraction of sp³-hybridized carbons (Fsp3) is 0.333. The van der Waals surface area contributed by atoms with Gasteiger partial charge in [-0.3, -0.25) is 10.4 Å². The summed E-state index contributed by atoms with van der Waals surface area (Å²) in [6, 6.07) is 0.672. The number of aromatic nitrogens is 5. The first-order valence-corrected chi connectivity index (χ1v) is 8.61. The Hall–Kier alpha value is -3.03. The first-order chi connectivity index (χ1) is 13.9. The van der Waals surface area contributed by atoms with Crippen LogP contribution in [-0.2, 0) is 11.6 Å². The van der Waals surface area contributed by atoms with Crippen molar-refractivity contribution in [2.45, 2.75) is 30.6 Å². The van der Waals surface area contributed by atoms with Crippen LogP contribution in [0.4, 0.5) is 42.6 Å². The lowest BCUT2D eigenvalue weighted by Crippen LogP contribution is -2.33. The molecule has 3 aromatic rings. The molecule has 15 heteroatoms. The van der Waals surface area contributed by atoms with Gasteiger partial charge in [0.05, 0.1) is 17.6 Å². The van der Waals surface area contributed by atoms with E-state index in [-0.39, 0.29) is 35.0 Å². The van der Waals surface area contributed by atoms with Crippen LogP contribution in [0, 0.1) is 0 Å². The highest BCUT2D eigenvalue weighted by atomic mass is 35.5. The molecule has 3 N–H and O–H groups in total. The maximum Gasteiger partial charge on any atom is 0.432 e. The number of hydrogen-bond acceptors (Lipinski definition) is 4. The molecule has 3 heterocycles. The molecule has 1 fully saturated rings. The van der Waals surface area contributed by atoms with Crippen molar-refractivity contribution in [2.75, 3.05) is 10.6 Å². The summed E-state index contributed by atoms with van der Waals surface area (Å²) in [5.41, 5.74) is -4.12. The largest absolute Gasteiger partial charge is 0.432 e. The van der Waals surface area contributed by atoms with Gasteiger partial charge in [-0.1, -0.05) is 11.6 Å². The number of fused-ring (bicyclic) bond motifs is 1. The summed E-state index contributed by atoms with van der Waals surface area (Å²) in [6.07, 6.45) is -8.83. The molecule has 0 bridgehead atoms. The molecule has 0 atom stereocenters. The van der Waals surface area contributed by atoms with Crippen molar-refractivity contribution in [1.82, 2.24) is 24.8 Å². The van der Waals surface area contributed by atoms with Crippen molar-refractivity contribution in [2.24, 2.45) is 0 Å². The van der Waals surface area contributed by atoms with Crippen LogP contribution in [0.1, 0.15) is 24.2 Å². The molecule has 0 aliphatic heterocycles. The summed E-state index contributed by atoms with van der Waals surface area (Å²) in [5, 5.41) is 12.9. The van der Waals surface area contributed by atoms with Gasteiger partial charge in [-0.2, -0.15) is 36.5 Å². The highest BCUT2D eigenvalue weighted by Crippen LogP contribution is 2.60. The van der Waals surface area contributed by atoms with E-state index >= 15 is 0 Å². The predicted molar refractivity (Wildman–Crippen MR) is 91.2 cm³/mol. The topological polar surface area (TPSA) is 100 Å². The predicted octanol–water partition coefficient (Wildman–Crippen LogP) is 4.36. The Morgan fingerprint density at radius 3 is 2.43 bits per heavy atom. The lowest BCUT2D eigenvalue weighted by molar-refractivity contribution is -0.161. The lowest BCUT2D eigenvalue weighted by Gasteiger charge is -2.23. The molecule has 2 amide bonds. The molecule has 0 aromatic carbocycles. The van der Waals surface area contributed by atoms with Crippen LogP contribution in [-0.4, -0.2) is 37.0 Å². The Labute approximate surface area is 167 Å². The molecule has 0 spiro atoms. The minimum atomic E-state index is -4.71. The number of urea groups is 1. The van der Waals surface area contributed by atoms with Crippen molar-refractivity contribution < 1.29 is 31.1 Å². The highest BCUT2D eigenvalue weighted by Gasteiger charge is 2.66. The number of hydrogen-bond donors (Lipinski definition) is 3. The highest BCUT2D eigenvalue weighted by molar-refractivity contribution is 6.29. The lowest BCUT2D eigenvalue weighted by atomic mass is 10.00. The van der Waals surface area contributed by atoms with Crippen LogP contribution in [0.3, 0.4) is 0 Å². The number of aromatic amines is 1. The van der Waals surface area contributed by atoms with Gasteiger partial charge >= 0.3 is 18.4 Å². The first kappa shape index (κ1) is 20.3. The fourth-order valence-corrected chi connectivity index (χ4v) is 3.21. The number of H-pyrrole nitrogens is 1. The van der Waals surface area contributed by atoms with Gasteiger partial charge in [-0.25, -0.2) is 14.3 Å². The maximum absolute atomic E-state index is 13.8. The van der Waals surface area contributed by atoms with Crippen LogP contribution < -0.4 is 10.6 Å². The average Bonchev–Trinajstić information content (AvgIpc) is 3.13. The second-order valence-corrected chi connectivity index (χ2v) is 6.97. The molecule has 4 rings (SSSR count). The number of carbonyl (C=O) groups excluding carboxylic acids is 1. The quantitative estimate of drug-likeness (QED) is 0.513. The van der Waals surface area contributed by atoms with E-state index in [4.69, 9.17) is 11.6 Å². The number of halogens is 7. The van der Waals surface area contributed by atoms with Gasteiger partial charge in [0.15, 0.2) is 16.6 Å². The normalized spacial score (nSPS) is 16.0. The molecule has 0 saturated heterocycles. The molecule has 160 valence electrons.